The second-order valence-corrected chi connectivity index (χ2v) is 4.02. The van der Waals surface area contributed by atoms with E-state index in [1.165, 1.54) is 5.69 Å². The molecule has 0 saturated carbocycles. The summed E-state index contributed by atoms with van der Waals surface area (Å²) in [4.78, 5) is 6.70. The van der Waals surface area contributed by atoms with Gasteiger partial charge in [-0.3, -0.25) is 4.90 Å². The normalized spacial score (nSPS) is 23.5. The lowest BCUT2D eigenvalue weighted by Gasteiger charge is -2.37. The molecule has 0 bridgehead atoms. The molecule has 1 unspecified atom stereocenters. The minimum Gasteiger partial charge on any atom is -0.332 e. The Balaban J connectivity index is 2.27. The van der Waals surface area contributed by atoms with E-state index in [2.05, 4.69) is 35.2 Å². The van der Waals surface area contributed by atoms with Gasteiger partial charge in [-0.15, -0.1) is 0 Å². The average molecular weight is 179 g/mol. The molecule has 0 N–H and O–H groups in total. The van der Waals surface area contributed by atoms with Gasteiger partial charge in [0.2, 0.25) is 0 Å². The molecule has 1 aliphatic heterocycles. The maximum atomic E-state index is 4.18. The lowest BCUT2D eigenvalue weighted by Crippen LogP contribution is -2.40. The Labute approximate surface area is 79.4 Å². The fourth-order valence-corrected chi connectivity index (χ4v) is 2.16. The lowest BCUT2D eigenvalue weighted by atomic mass is 10.1. The summed E-state index contributed by atoms with van der Waals surface area (Å²) in [6.45, 7) is 8.98. The van der Waals surface area contributed by atoms with Gasteiger partial charge in [-0.05, 0) is 20.8 Å². The van der Waals surface area contributed by atoms with Gasteiger partial charge in [-0.1, -0.05) is 0 Å². The van der Waals surface area contributed by atoms with Crippen LogP contribution in [0.5, 0.6) is 0 Å². The third-order valence-corrected chi connectivity index (χ3v) is 2.93. The fourth-order valence-electron chi connectivity index (χ4n) is 2.16. The topological polar surface area (TPSA) is 21.1 Å². The molecule has 3 heteroatoms. The number of fused-ring (bicyclic) bond motifs is 1. The van der Waals surface area contributed by atoms with Gasteiger partial charge < -0.3 is 4.57 Å². The standard InChI is InChI=1S/C10H17N3/c1-8(2)13-5-4-12-7-11-6-10(12)9(13)3/h6-9H,4-5H2,1-3H3. The van der Waals surface area contributed by atoms with E-state index in [1.807, 2.05) is 12.5 Å². The van der Waals surface area contributed by atoms with Gasteiger partial charge in [-0.2, -0.15) is 0 Å². The number of imidazole rings is 1. The third kappa shape index (κ3) is 1.37. The van der Waals surface area contributed by atoms with Gasteiger partial charge in [-0.25, -0.2) is 4.98 Å². The maximum Gasteiger partial charge on any atom is 0.0949 e. The minimum atomic E-state index is 0.510. The Morgan fingerprint density at radius 1 is 1.46 bits per heavy atom. The summed E-state index contributed by atoms with van der Waals surface area (Å²) in [5, 5.41) is 0. The molecule has 1 aromatic rings. The number of hydrogen-bond acceptors (Lipinski definition) is 2. The van der Waals surface area contributed by atoms with Gasteiger partial charge in [0, 0.05) is 31.4 Å². The monoisotopic (exact) mass is 179 g/mol. The van der Waals surface area contributed by atoms with Crippen LogP contribution in [0.25, 0.3) is 0 Å². The van der Waals surface area contributed by atoms with Gasteiger partial charge in [0.05, 0.1) is 12.0 Å². The van der Waals surface area contributed by atoms with Crippen LogP contribution in [0, 0.1) is 0 Å². The highest BCUT2D eigenvalue weighted by Crippen LogP contribution is 2.25. The second kappa shape index (κ2) is 3.14. The van der Waals surface area contributed by atoms with Gasteiger partial charge in [0.25, 0.3) is 0 Å². The molecule has 1 atom stereocenters. The quantitative estimate of drug-likeness (QED) is 0.654. The van der Waals surface area contributed by atoms with Crippen molar-refractivity contribution in [3.63, 3.8) is 0 Å². The SMILES string of the molecule is CC(C)N1CCn2cncc2C1C. The van der Waals surface area contributed by atoms with E-state index in [0.717, 1.165) is 13.1 Å². The van der Waals surface area contributed by atoms with E-state index in [0.29, 0.717) is 12.1 Å². The third-order valence-electron chi connectivity index (χ3n) is 2.93. The molecule has 0 aromatic carbocycles. The lowest BCUT2D eigenvalue weighted by molar-refractivity contribution is 0.130. The summed E-state index contributed by atoms with van der Waals surface area (Å²) >= 11 is 0. The fraction of sp³-hybridized carbons (Fsp3) is 0.700. The molecule has 0 spiro atoms. The first-order valence-corrected chi connectivity index (χ1v) is 4.96. The zero-order valence-electron chi connectivity index (χ0n) is 8.57. The van der Waals surface area contributed by atoms with E-state index in [1.54, 1.807) is 0 Å². The molecule has 1 aromatic heterocycles. The largest absolute Gasteiger partial charge is 0.332 e. The van der Waals surface area contributed by atoms with E-state index in [4.69, 9.17) is 0 Å². The Morgan fingerprint density at radius 3 is 2.92 bits per heavy atom. The Hall–Kier alpha value is -0.830. The van der Waals surface area contributed by atoms with Crippen LogP contribution in [-0.4, -0.2) is 27.0 Å². The first-order chi connectivity index (χ1) is 6.20. The number of aromatic nitrogens is 2. The summed E-state index contributed by atoms with van der Waals surface area (Å²) in [7, 11) is 0. The van der Waals surface area contributed by atoms with Crippen molar-refractivity contribution >= 4 is 0 Å². The molecule has 1 aliphatic rings. The summed E-state index contributed by atoms with van der Waals surface area (Å²) < 4.78 is 2.25. The van der Waals surface area contributed by atoms with Crippen LogP contribution in [0.4, 0.5) is 0 Å². The van der Waals surface area contributed by atoms with Crippen molar-refractivity contribution in [2.45, 2.75) is 39.4 Å². The van der Waals surface area contributed by atoms with Crippen molar-refractivity contribution in [1.82, 2.24) is 14.5 Å². The molecular formula is C10H17N3. The van der Waals surface area contributed by atoms with Crippen LogP contribution in [-0.2, 0) is 6.54 Å². The highest BCUT2D eigenvalue weighted by atomic mass is 15.3. The van der Waals surface area contributed by atoms with Crippen molar-refractivity contribution in [1.29, 1.82) is 0 Å². The maximum absolute atomic E-state index is 4.18. The van der Waals surface area contributed by atoms with Crippen LogP contribution in [0.2, 0.25) is 0 Å². The molecule has 2 heterocycles. The molecule has 0 saturated heterocycles. The van der Waals surface area contributed by atoms with Crippen LogP contribution in [0.3, 0.4) is 0 Å². The van der Waals surface area contributed by atoms with Gasteiger partial charge in [0.15, 0.2) is 0 Å². The first kappa shape index (κ1) is 8.75. The minimum absolute atomic E-state index is 0.510. The van der Waals surface area contributed by atoms with Crippen molar-refractivity contribution in [2.75, 3.05) is 6.54 Å². The summed E-state index contributed by atoms with van der Waals surface area (Å²) in [5.41, 5.74) is 1.35. The molecule has 0 fully saturated rings. The summed E-state index contributed by atoms with van der Waals surface area (Å²) in [5.74, 6) is 0. The molecule has 0 amide bonds. The zero-order chi connectivity index (χ0) is 9.42. The number of nitrogens with zero attached hydrogens (tertiary/aromatic N) is 3. The Morgan fingerprint density at radius 2 is 2.23 bits per heavy atom. The van der Waals surface area contributed by atoms with Crippen molar-refractivity contribution in [2.24, 2.45) is 0 Å². The van der Waals surface area contributed by atoms with Gasteiger partial charge >= 0.3 is 0 Å². The predicted octanol–water partition coefficient (Wildman–Crippen LogP) is 1.67. The van der Waals surface area contributed by atoms with E-state index in [9.17, 15) is 0 Å². The van der Waals surface area contributed by atoms with Crippen molar-refractivity contribution in [3.8, 4) is 0 Å². The molecule has 3 nitrogen and oxygen atoms in total. The molecular weight excluding hydrogens is 162 g/mol. The number of hydrogen-bond donors (Lipinski definition) is 0. The second-order valence-electron chi connectivity index (χ2n) is 4.02. The van der Waals surface area contributed by atoms with Crippen LogP contribution in [0.15, 0.2) is 12.5 Å². The highest BCUT2D eigenvalue weighted by Gasteiger charge is 2.25. The van der Waals surface area contributed by atoms with E-state index < -0.39 is 0 Å². The molecule has 72 valence electrons. The molecule has 0 radical (unpaired) electrons. The van der Waals surface area contributed by atoms with Crippen LogP contribution in [0.1, 0.15) is 32.5 Å². The smallest absolute Gasteiger partial charge is 0.0949 e. The molecule has 2 rings (SSSR count). The van der Waals surface area contributed by atoms with Crippen LogP contribution < -0.4 is 0 Å². The Kier molecular flexibility index (Phi) is 2.12. The molecule has 0 aliphatic carbocycles. The Bertz CT molecular complexity index is 290. The van der Waals surface area contributed by atoms with Crippen molar-refractivity contribution < 1.29 is 0 Å². The summed E-state index contributed by atoms with van der Waals surface area (Å²) in [6.07, 6.45) is 3.92. The van der Waals surface area contributed by atoms with Gasteiger partial charge in [0.1, 0.15) is 0 Å². The van der Waals surface area contributed by atoms with E-state index in [-0.39, 0.29) is 0 Å². The van der Waals surface area contributed by atoms with E-state index >= 15 is 0 Å². The predicted molar refractivity (Wildman–Crippen MR) is 52.5 cm³/mol. The summed E-state index contributed by atoms with van der Waals surface area (Å²) in [6, 6.07) is 1.13. The zero-order valence-corrected chi connectivity index (χ0v) is 8.57. The highest BCUT2D eigenvalue weighted by molar-refractivity contribution is 5.07. The van der Waals surface area contributed by atoms with Crippen molar-refractivity contribution in [3.05, 3.63) is 18.2 Å². The average Bonchev–Trinajstić information content (AvgIpc) is 2.52. The molecule has 13 heavy (non-hydrogen) atoms. The van der Waals surface area contributed by atoms with Crippen LogP contribution >= 0.6 is 0 Å². The first-order valence-electron chi connectivity index (χ1n) is 4.96. The number of rotatable bonds is 1.